The van der Waals surface area contributed by atoms with Crippen molar-refractivity contribution < 1.29 is 0 Å². The molecule has 3 rings (SSSR count). The van der Waals surface area contributed by atoms with Crippen LogP contribution in [-0.2, 0) is 0 Å². The van der Waals surface area contributed by atoms with Gasteiger partial charge in [-0.3, -0.25) is 0 Å². The van der Waals surface area contributed by atoms with E-state index in [-0.39, 0.29) is 10.3 Å². The van der Waals surface area contributed by atoms with Crippen LogP contribution >= 0.6 is 39.1 Å². The molecule has 0 saturated heterocycles. The largest absolute Gasteiger partial charge is 0.399 e. The lowest BCUT2D eigenvalue weighted by Crippen LogP contribution is -1.91. The van der Waals surface area contributed by atoms with Gasteiger partial charge in [0.15, 0.2) is 0 Å². The van der Waals surface area contributed by atoms with Crippen LogP contribution in [0, 0.1) is 29.6 Å². The number of hydrogen-bond donors (Lipinski definition) is 1. The van der Waals surface area contributed by atoms with Crippen LogP contribution in [-0.4, -0.2) is 9.97 Å². The summed E-state index contributed by atoms with van der Waals surface area (Å²) in [5.74, 6) is 0. The molecule has 0 radical (unpaired) electrons. The van der Waals surface area contributed by atoms with Gasteiger partial charge in [0, 0.05) is 28.1 Å². The molecular formula is C19H12BrCl2N5. The summed E-state index contributed by atoms with van der Waals surface area (Å²) in [4.78, 5) is 7.74. The van der Waals surface area contributed by atoms with Gasteiger partial charge in [0.25, 0.3) is 0 Å². The summed E-state index contributed by atoms with van der Waals surface area (Å²) in [5, 5.41) is 17.8. The van der Waals surface area contributed by atoms with Crippen LogP contribution in [0.15, 0.2) is 47.2 Å². The van der Waals surface area contributed by atoms with E-state index in [0.29, 0.717) is 16.8 Å². The smallest absolute Gasteiger partial charge is 0.146 e. The molecule has 8 heteroatoms. The molecule has 0 aliphatic rings. The van der Waals surface area contributed by atoms with E-state index in [1.165, 1.54) is 0 Å². The zero-order valence-corrected chi connectivity index (χ0v) is 17.1. The number of benzene rings is 1. The number of nitrogens with zero attached hydrogens (tertiary/aromatic N) is 4. The fraction of sp³-hybridized carbons (Fsp3) is 0.0526. The third-order valence-electron chi connectivity index (χ3n) is 3.46. The maximum atomic E-state index is 8.91. The zero-order chi connectivity index (χ0) is 20.0. The van der Waals surface area contributed by atoms with Crippen molar-refractivity contribution in [3.63, 3.8) is 0 Å². The first kappa shape index (κ1) is 20.7. The molecule has 27 heavy (non-hydrogen) atoms. The Morgan fingerprint density at radius 3 is 2.15 bits per heavy atom. The van der Waals surface area contributed by atoms with Gasteiger partial charge in [0.05, 0.1) is 11.1 Å². The molecule has 0 saturated carbocycles. The van der Waals surface area contributed by atoms with Gasteiger partial charge in [-0.2, -0.15) is 10.5 Å². The van der Waals surface area contributed by atoms with Gasteiger partial charge in [-0.15, -0.1) is 0 Å². The molecule has 2 N–H and O–H groups in total. The van der Waals surface area contributed by atoms with E-state index in [4.69, 9.17) is 39.5 Å². The van der Waals surface area contributed by atoms with Crippen LogP contribution in [0.2, 0.25) is 10.3 Å². The van der Waals surface area contributed by atoms with Crippen molar-refractivity contribution in [1.29, 1.82) is 10.5 Å². The molecule has 5 nitrogen and oxygen atoms in total. The molecule has 1 aromatic carbocycles. The van der Waals surface area contributed by atoms with Crippen molar-refractivity contribution in [3.8, 4) is 23.3 Å². The molecule has 0 aliphatic carbocycles. The van der Waals surface area contributed by atoms with Gasteiger partial charge < -0.3 is 5.73 Å². The lowest BCUT2D eigenvalue weighted by molar-refractivity contribution is 1.28. The summed E-state index contributed by atoms with van der Waals surface area (Å²) in [7, 11) is 0. The second-order valence-electron chi connectivity index (χ2n) is 5.35. The SMILES string of the molecule is Cc1ccc(N)cc1-c1cnc(Cl)c(C#N)c1.N#Cc1cc(Br)cnc1Cl. The van der Waals surface area contributed by atoms with Crippen LogP contribution in [0.1, 0.15) is 16.7 Å². The van der Waals surface area contributed by atoms with Gasteiger partial charge >= 0.3 is 0 Å². The first-order valence-corrected chi connectivity index (χ1v) is 9.04. The molecular weight excluding hydrogens is 449 g/mol. The number of anilines is 1. The molecule has 0 spiro atoms. The number of halogens is 3. The molecule has 134 valence electrons. The predicted molar refractivity (Wildman–Crippen MR) is 110 cm³/mol. The molecule has 3 aromatic rings. The molecule has 0 fully saturated rings. The van der Waals surface area contributed by atoms with Gasteiger partial charge in [-0.25, -0.2) is 9.97 Å². The van der Waals surface area contributed by atoms with Crippen LogP contribution in [0.3, 0.4) is 0 Å². The van der Waals surface area contributed by atoms with E-state index in [9.17, 15) is 0 Å². The maximum absolute atomic E-state index is 8.91. The topological polar surface area (TPSA) is 99.4 Å². The first-order chi connectivity index (χ1) is 12.8. The van der Waals surface area contributed by atoms with Crippen LogP contribution < -0.4 is 5.73 Å². The molecule has 0 bridgehead atoms. The third kappa shape index (κ3) is 5.42. The summed E-state index contributed by atoms with van der Waals surface area (Å²) in [6.45, 7) is 1.98. The fourth-order valence-corrected chi connectivity index (χ4v) is 2.75. The van der Waals surface area contributed by atoms with E-state index < -0.39 is 0 Å². The minimum absolute atomic E-state index is 0.220. The number of rotatable bonds is 1. The summed E-state index contributed by atoms with van der Waals surface area (Å²) in [5.41, 5.74) is 10.1. The van der Waals surface area contributed by atoms with Crippen LogP contribution in [0.5, 0.6) is 0 Å². The number of nitrogens with two attached hydrogens (primary N) is 1. The Morgan fingerprint density at radius 1 is 0.963 bits per heavy atom. The molecule has 2 heterocycles. The average molecular weight is 461 g/mol. The molecule has 0 atom stereocenters. The predicted octanol–water partition coefficient (Wildman–Crippen LogP) is 5.53. The van der Waals surface area contributed by atoms with Crippen molar-refractivity contribution in [3.05, 3.63) is 74.2 Å². The molecule has 0 amide bonds. The van der Waals surface area contributed by atoms with Crippen molar-refractivity contribution >= 4 is 44.8 Å². The molecule has 2 aromatic heterocycles. The third-order valence-corrected chi connectivity index (χ3v) is 4.49. The highest BCUT2D eigenvalue weighted by molar-refractivity contribution is 9.10. The summed E-state index contributed by atoms with van der Waals surface area (Å²) in [6, 6.07) is 12.9. The normalized spacial score (nSPS) is 9.56. The van der Waals surface area contributed by atoms with Gasteiger partial charge in [-0.05, 0) is 58.2 Å². The zero-order valence-electron chi connectivity index (χ0n) is 14.0. The molecule has 0 unspecified atom stereocenters. The van der Waals surface area contributed by atoms with Crippen molar-refractivity contribution in [2.24, 2.45) is 0 Å². The average Bonchev–Trinajstić information content (AvgIpc) is 2.66. The number of nitriles is 2. The van der Waals surface area contributed by atoms with E-state index in [1.807, 2.05) is 37.3 Å². The Labute approximate surface area is 175 Å². The van der Waals surface area contributed by atoms with Gasteiger partial charge in [0.1, 0.15) is 22.4 Å². The summed E-state index contributed by atoms with van der Waals surface area (Å²) >= 11 is 14.5. The minimum atomic E-state index is 0.220. The minimum Gasteiger partial charge on any atom is -0.399 e. The first-order valence-electron chi connectivity index (χ1n) is 7.49. The summed E-state index contributed by atoms with van der Waals surface area (Å²) < 4.78 is 0.758. The number of aryl methyl sites for hydroxylation is 1. The standard InChI is InChI=1S/C13H10ClN3.C6H2BrClN2/c1-8-2-3-11(16)5-12(8)10-4-9(6-15)13(14)17-7-10;7-5-1-4(2-9)6(8)10-3-5/h2-5,7H,16H2,1H3;1,3H. The summed E-state index contributed by atoms with van der Waals surface area (Å²) in [6.07, 6.45) is 3.19. The van der Waals surface area contributed by atoms with Gasteiger partial charge in [-0.1, -0.05) is 29.3 Å². The Bertz CT molecular complexity index is 1070. The van der Waals surface area contributed by atoms with Crippen LogP contribution in [0.25, 0.3) is 11.1 Å². The number of pyridine rings is 2. The lowest BCUT2D eigenvalue weighted by atomic mass is 10.0. The van der Waals surface area contributed by atoms with Crippen molar-refractivity contribution in [2.75, 3.05) is 5.73 Å². The maximum Gasteiger partial charge on any atom is 0.146 e. The van der Waals surface area contributed by atoms with E-state index in [2.05, 4.69) is 25.9 Å². The highest BCUT2D eigenvalue weighted by Gasteiger charge is 2.07. The van der Waals surface area contributed by atoms with Crippen LogP contribution in [0.4, 0.5) is 5.69 Å². The Hall–Kier alpha value is -2.64. The quantitative estimate of drug-likeness (QED) is 0.379. The monoisotopic (exact) mass is 459 g/mol. The second-order valence-corrected chi connectivity index (χ2v) is 6.98. The van der Waals surface area contributed by atoms with E-state index >= 15 is 0 Å². The highest BCUT2D eigenvalue weighted by Crippen LogP contribution is 2.27. The lowest BCUT2D eigenvalue weighted by Gasteiger charge is -2.07. The molecule has 0 aliphatic heterocycles. The van der Waals surface area contributed by atoms with E-state index in [1.54, 1.807) is 24.5 Å². The number of hydrogen-bond acceptors (Lipinski definition) is 5. The Morgan fingerprint density at radius 2 is 1.56 bits per heavy atom. The van der Waals surface area contributed by atoms with Crippen molar-refractivity contribution in [1.82, 2.24) is 9.97 Å². The van der Waals surface area contributed by atoms with E-state index in [0.717, 1.165) is 21.2 Å². The highest BCUT2D eigenvalue weighted by atomic mass is 79.9. The Kier molecular flexibility index (Phi) is 7.15. The second kappa shape index (κ2) is 9.34. The fourth-order valence-electron chi connectivity index (χ4n) is 2.13. The van der Waals surface area contributed by atoms with Gasteiger partial charge in [0.2, 0.25) is 0 Å². The van der Waals surface area contributed by atoms with Crippen molar-refractivity contribution in [2.45, 2.75) is 6.92 Å². The Balaban J connectivity index is 0.000000223. The number of nitrogen functional groups attached to an aromatic ring is 1. The number of aromatic nitrogens is 2.